The minimum atomic E-state index is -1.19. The Morgan fingerprint density at radius 3 is 2.65 bits per heavy atom. The van der Waals surface area contributed by atoms with Crippen LogP contribution >= 0.6 is 0 Å². The van der Waals surface area contributed by atoms with Crippen LogP contribution in [0.1, 0.15) is 21.5 Å². The van der Waals surface area contributed by atoms with Gasteiger partial charge in [0.25, 0.3) is 0 Å². The van der Waals surface area contributed by atoms with E-state index in [0.29, 0.717) is 16.9 Å². The lowest BCUT2D eigenvalue weighted by molar-refractivity contribution is 0.0696. The maximum atomic E-state index is 13.3. The first-order valence-corrected chi connectivity index (χ1v) is 5.94. The van der Waals surface area contributed by atoms with E-state index >= 15 is 0 Å². The highest BCUT2D eigenvalue weighted by molar-refractivity contribution is 5.87. The third kappa shape index (κ3) is 3.33. The Morgan fingerprint density at radius 2 is 1.95 bits per heavy atom. The summed E-state index contributed by atoms with van der Waals surface area (Å²) in [4.78, 5) is 10.8. The minimum Gasteiger partial charge on any atom is -0.489 e. The molecule has 0 radical (unpaired) electrons. The van der Waals surface area contributed by atoms with Gasteiger partial charge in [0.2, 0.25) is 0 Å². The smallest absolute Gasteiger partial charge is 0.335 e. The third-order valence-electron chi connectivity index (χ3n) is 2.74. The van der Waals surface area contributed by atoms with Crippen LogP contribution in [0.15, 0.2) is 42.5 Å². The van der Waals surface area contributed by atoms with Gasteiger partial charge in [0.15, 0.2) is 0 Å². The Morgan fingerprint density at radius 1 is 1.20 bits per heavy atom. The van der Waals surface area contributed by atoms with Crippen LogP contribution in [0.3, 0.4) is 0 Å². The number of aromatic carboxylic acids is 1. The largest absolute Gasteiger partial charge is 0.489 e. The zero-order valence-electron chi connectivity index (χ0n) is 10.5. The summed E-state index contributed by atoms with van der Waals surface area (Å²) < 4.78 is 18.8. The highest BCUT2D eigenvalue weighted by Gasteiger charge is 2.08. The van der Waals surface area contributed by atoms with E-state index in [9.17, 15) is 9.18 Å². The van der Waals surface area contributed by atoms with E-state index in [1.807, 2.05) is 0 Å². The van der Waals surface area contributed by atoms with Crippen LogP contribution in [0.4, 0.5) is 4.39 Å². The van der Waals surface area contributed by atoms with Crippen LogP contribution in [0.5, 0.6) is 5.75 Å². The molecule has 0 atom stereocenters. The van der Waals surface area contributed by atoms with Crippen LogP contribution in [0, 0.1) is 5.82 Å². The van der Waals surface area contributed by atoms with Crippen molar-refractivity contribution in [1.82, 2.24) is 0 Å². The number of ether oxygens (including phenoxy) is 1. The van der Waals surface area contributed by atoms with Crippen LogP contribution in [0.2, 0.25) is 0 Å². The van der Waals surface area contributed by atoms with Crippen molar-refractivity contribution in [1.29, 1.82) is 0 Å². The highest BCUT2D eigenvalue weighted by atomic mass is 19.1. The first kappa shape index (κ1) is 14.0. The quantitative estimate of drug-likeness (QED) is 0.881. The molecule has 0 aromatic heterocycles. The maximum Gasteiger partial charge on any atom is 0.335 e. The predicted octanol–water partition coefficient (Wildman–Crippen LogP) is 2.60. The fraction of sp³-hybridized carbons (Fsp3) is 0.133. The third-order valence-corrected chi connectivity index (χ3v) is 2.74. The van der Waals surface area contributed by atoms with E-state index in [1.165, 1.54) is 12.1 Å². The summed E-state index contributed by atoms with van der Waals surface area (Å²) in [5.74, 6) is -1.34. The zero-order valence-corrected chi connectivity index (χ0v) is 10.5. The number of para-hydroxylation sites is 1. The normalized spacial score (nSPS) is 10.3. The number of hydrogen-bond acceptors (Lipinski definition) is 3. The minimum absolute atomic E-state index is 0.0229. The van der Waals surface area contributed by atoms with E-state index in [4.69, 9.17) is 14.9 Å². The number of carboxylic acids is 1. The molecule has 2 aromatic rings. The Bertz CT molecular complexity index is 625. The molecule has 5 heteroatoms. The molecule has 20 heavy (non-hydrogen) atoms. The summed E-state index contributed by atoms with van der Waals surface area (Å²) in [6.45, 7) is -0.144. The molecule has 0 saturated heterocycles. The molecule has 2 aromatic carbocycles. The molecule has 0 unspecified atom stereocenters. The molecule has 0 amide bonds. The lowest BCUT2D eigenvalue weighted by atomic mass is 10.1. The lowest BCUT2D eigenvalue weighted by Gasteiger charge is -2.10. The number of aliphatic hydroxyl groups excluding tert-OH is 1. The van der Waals surface area contributed by atoms with Crippen molar-refractivity contribution in [2.75, 3.05) is 0 Å². The molecule has 104 valence electrons. The van der Waals surface area contributed by atoms with Crippen LogP contribution in [0.25, 0.3) is 0 Å². The topological polar surface area (TPSA) is 66.8 Å². The van der Waals surface area contributed by atoms with Crippen molar-refractivity contribution in [3.63, 3.8) is 0 Å². The van der Waals surface area contributed by atoms with Gasteiger partial charge in [-0.05, 0) is 29.8 Å². The van der Waals surface area contributed by atoms with Gasteiger partial charge in [-0.25, -0.2) is 9.18 Å². The number of rotatable bonds is 5. The van der Waals surface area contributed by atoms with Gasteiger partial charge in [-0.2, -0.15) is 0 Å². The molecule has 0 aliphatic rings. The Labute approximate surface area is 115 Å². The molecule has 2 rings (SSSR count). The van der Waals surface area contributed by atoms with Gasteiger partial charge < -0.3 is 14.9 Å². The van der Waals surface area contributed by atoms with Crippen molar-refractivity contribution < 1.29 is 24.1 Å². The van der Waals surface area contributed by atoms with E-state index in [-0.39, 0.29) is 18.8 Å². The second-order valence-corrected chi connectivity index (χ2v) is 4.21. The molecule has 0 saturated carbocycles. The molecule has 0 fully saturated rings. The van der Waals surface area contributed by atoms with Gasteiger partial charge >= 0.3 is 5.97 Å². The van der Waals surface area contributed by atoms with Crippen LogP contribution in [-0.2, 0) is 13.2 Å². The molecule has 0 heterocycles. The first-order chi connectivity index (χ1) is 9.60. The Kier molecular flexibility index (Phi) is 4.32. The van der Waals surface area contributed by atoms with Crippen molar-refractivity contribution in [2.24, 2.45) is 0 Å². The fourth-order valence-electron chi connectivity index (χ4n) is 1.79. The van der Waals surface area contributed by atoms with Gasteiger partial charge in [-0.15, -0.1) is 0 Å². The van der Waals surface area contributed by atoms with Gasteiger partial charge in [0.1, 0.15) is 18.2 Å². The summed E-state index contributed by atoms with van der Waals surface area (Å²) in [6, 6.07) is 10.4. The standard InChI is InChI=1S/C15H13FO4/c16-13-6-10(5-12(7-13)15(18)19)9-20-14-4-2-1-3-11(14)8-17/h1-7,17H,8-9H2,(H,18,19). The zero-order chi connectivity index (χ0) is 14.5. The van der Waals surface area contributed by atoms with Gasteiger partial charge in [0, 0.05) is 5.56 Å². The first-order valence-electron chi connectivity index (χ1n) is 5.94. The van der Waals surface area contributed by atoms with Crippen molar-refractivity contribution in [3.8, 4) is 5.75 Å². The number of carboxylic acid groups (broad SMARTS) is 1. The second kappa shape index (κ2) is 6.16. The molecular weight excluding hydrogens is 263 g/mol. The summed E-state index contributed by atoms with van der Waals surface area (Å²) in [5, 5.41) is 18.0. The molecule has 0 spiro atoms. The SMILES string of the molecule is O=C(O)c1cc(F)cc(COc2ccccc2CO)c1. The molecular formula is C15H13FO4. The van der Waals surface area contributed by atoms with Crippen molar-refractivity contribution in [3.05, 3.63) is 65.0 Å². The number of halogens is 1. The molecule has 0 aliphatic carbocycles. The fourth-order valence-corrected chi connectivity index (χ4v) is 1.79. The number of hydrogen-bond donors (Lipinski definition) is 2. The van der Waals surface area contributed by atoms with Gasteiger partial charge in [0.05, 0.1) is 12.2 Å². The summed E-state index contributed by atoms with van der Waals surface area (Å²) >= 11 is 0. The Hall–Kier alpha value is -2.40. The predicted molar refractivity (Wildman–Crippen MR) is 70.1 cm³/mol. The molecule has 4 nitrogen and oxygen atoms in total. The van der Waals surface area contributed by atoms with E-state index in [2.05, 4.69) is 0 Å². The molecule has 2 N–H and O–H groups in total. The van der Waals surface area contributed by atoms with Crippen LogP contribution in [-0.4, -0.2) is 16.2 Å². The van der Waals surface area contributed by atoms with E-state index < -0.39 is 11.8 Å². The highest BCUT2D eigenvalue weighted by Crippen LogP contribution is 2.20. The number of carbonyl (C=O) groups is 1. The number of aliphatic hydroxyl groups is 1. The molecule has 0 bridgehead atoms. The summed E-state index contributed by atoms with van der Waals surface area (Å²) in [5.41, 5.74) is 0.900. The van der Waals surface area contributed by atoms with Crippen LogP contribution < -0.4 is 4.74 Å². The second-order valence-electron chi connectivity index (χ2n) is 4.21. The Balaban J connectivity index is 2.16. The van der Waals surface area contributed by atoms with Gasteiger partial charge in [-0.1, -0.05) is 18.2 Å². The van der Waals surface area contributed by atoms with E-state index in [0.717, 1.165) is 6.07 Å². The summed E-state index contributed by atoms with van der Waals surface area (Å²) in [7, 11) is 0. The van der Waals surface area contributed by atoms with Gasteiger partial charge in [-0.3, -0.25) is 0 Å². The monoisotopic (exact) mass is 276 g/mol. The lowest BCUT2D eigenvalue weighted by Crippen LogP contribution is -2.03. The van der Waals surface area contributed by atoms with Crippen molar-refractivity contribution >= 4 is 5.97 Å². The van der Waals surface area contributed by atoms with Crippen molar-refractivity contribution in [2.45, 2.75) is 13.2 Å². The maximum absolute atomic E-state index is 13.3. The van der Waals surface area contributed by atoms with E-state index in [1.54, 1.807) is 24.3 Å². The molecule has 0 aliphatic heterocycles. The average molecular weight is 276 g/mol. The average Bonchev–Trinajstić information content (AvgIpc) is 2.44. The number of benzene rings is 2. The summed E-state index contributed by atoms with van der Waals surface area (Å²) in [6.07, 6.45) is 0.